The minimum atomic E-state index is -4.69. The molecule has 0 saturated heterocycles. The Balaban J connectivity index is 1.63. The Hall–Kier alpha value is -3.44. The molecular weight excluding hydrogens is 452 g/mol. The summed E-state index contributed by atoms with van der Waals surface area (Å²) in [7, 11) is 1.24. The second kappa shape index (κ2) is 8.16. The predicted molar refractivity (Wildman–Crippen MR) is 104 cm³/mol. The van der Waals surface area contributed by atoms with Gasteiger partial charge in [0.15, 0.2) is 5.69 Å². The van der Waals surface area contributed by atoms with E-state index in [9.17, 15) is 31.1 Å². The lowest BCUT2D eigenvalue weighted by atomic mass is 9.88. The number of aromatic nitrogens is 4. The fourth-order valence-corrected chi connectivity index (χ4v) is 3.79. The molecule has 3 aromatic heterocycles. The van der Waals surface area contributed by atoms with Crippen LogP contribution >= 0.6 is 0 Å². The summed E-state index contributed by atoms with van der Waals surface area (Å²) in [6, 6.07) is 4.01. The number of aryl methyl sites for hydroxylation is 2. The second-order valence-electron chi connectivity index (χ2n) is 7.65. The summed E-state index contributed by atoms with van der Waals surface area (Å²) in [4.78, 5) is 20.3. The molecule has 3 aromatic rings. The third-order valence-corrected chi connectivity index (χ3v) is 5.39. The van der Waals surface area contributed by atoms with E-state index in [0.29, 0.717) is 30.9 Å². The van der Waals surface area contributed by atoms with E-state index in [1.54, 1.807) is 12.3 Å². The van der Waals surface area contributed by atoms with Crippen LogP contribution in [0.1, 0.15) is 51.9 Å². The van der Waals surface area contributed by atoms with E-state index >= 15 is 0 Å². The highest BCUT2D eigenvalue weighted by molar-refractivity contribution is 5.93. The minimum Gasteiger partial charge on any atom is -0.344 e. The van der Waals surface area contributed by atoms with Gasteiger partial charge < -0.3 is 5.32 Å². The van der Waals surface area contributed by atoms with Crippen molar-refractivity contribution >= 4 is 5.91 Å². The number of alkyl halides is 6. The van der Waals surface area contributed by atoms with Crippen molar-refractivity contribution in [2.75, 3.05) is 0 Å². The molecule has 1 unspecified atom stereocenters. The summed E-state index contributed by atoms with van der Waals surface area (Å²) in [6.07, 6.45) is -4.85. The van der Waals surface area contributed by atoms with Crippen molar-refractivity contribution < 1.29 is 31.1 Å². The van der Waals surface area contributed by atoms with Gasteiger partial charge in [0.1, 0.15) is 11.4 Å². The molecule has 3 heterocycles. The smallest absolute Gasteiger partial charge is 0.344 e. The van der Waals surface area contributed by atoms with Crippen molar-refractivity contribution in [1.29, 1.82) is 0 Å². The molecule has 1 amide bonds. The standard InChI is InChI=1S/C21H17F6N5O/c1-32-16(9-18(31-32)21(25,26)27)19(33)30-14-4-2-3-12-10-29-15(8-13(12)14)11-5-6-28-17(7-11)20(22,23)24/h5-10,14H,2-4H2,1H3,(H,30,33). The Morgan fingerprint density at radius 1 is 1.06 bits per heavy atom. The highest BCUT2D eigenvalue weighted by Gasteiger charge is 2.36. The van der Waals surface area contributed by atoms with Crippen LogP contribution in [0.3, 0.4) is 0 Å². The van der Waals surface area contributed by atoms with E-state index in [1.807, 2.05) is 0 Å². The fraction of sp³-hybridized carbons (Fsp3) is 0.333. The Morgan fingerprint density at radius 2 is 1.79 bits per heavy atom. The molecule has 12 heteroatoms. The summed E-state index contributed by atoms with van der Waals surface area (Å²) in [5, 5.41) is 6.07. The first-order chi connectivity index (χ1) is 15.4. The number of halogens is 6. The third kappa shape index (κ3) is 4.69. The number of hydrogen-bond acceptors (Lipinski definition) is 4. The molecule has 0 fully saturated rings. The molecule has 1 N–H and O–H groups in total. The molecule has 4 rings (SSSR count). The average Bonchev–Trinajstić information content (AvgIpc) is 3.15. The van der Waals surface area contributed by atoms with Gasteiger partial charge in [0, 0.05) is 31.1 Å². The topological polar surface area (TPSA) is 72.7 Å². The number of nitrogens with one attached hydrogen (secondary N) is 1. The van der Waals surface area contributed by atoms with Crippen molar-refractivity contribution in [3.63, 3.8) is 0 Å². The zero-order chi connectivity index (χ0) is 24.0. The lowest BCUT2D eigenvalue weighted by molar-refractivity contribution is -0.142. The van der Waals surface area contributed by atoms with Crippen LogP contribution in [0.15, 0.2) is 36.7 Å². The number of carbonyl (C=O) groups excluding carboxylic acids is 1. The van der Waals surface area contributed by atoms with Crippen molar-refractivity contribution in [3.05, 3.63) is 64.9 Å². The van der Waals surface area contributed by atoms with Gasteiger partial charge in [-0.3, -0.25) is 19.4 Å². The van der Waals surface area contributed by atoms with Crippen LogP contribution in [-0.4, -0.2) is 25.7 Å². The van der Waals surface area contributed by atoms with Gasteiger partial charge >= 0.3 is 12.4 Å². The number of hydrogen-bond donors (Lipinski definition) is 1. The molecule has 1 aliphatic rings. The first kappa shape index (κ1) is 22.7. The van der Waals surface area contributed by atoms with E-state index in [-0.39, 0.29) is 17.0 Å². The molecule has 0 radical (unpaired) electrons. The number of carbonyl (C=O) groups is 1. The van der Waals surface area contributed by atoms with Gasteiger partial charge in [-0.1, -0.05) is 0 Å². The van der Waals surface area contributed by atoms with Crippen LogP contribution in [0.2, 0.25) is 0 Å². The van der Waals surface area contributed by atoms with E-state index in [4.69, 9.17) is 0 Å². The normalized spacial score (nSPS) is 16.4. The zero-order valence-corrected chi connectivity index (χ0v) is 17.1. The van der Waals surface area contributed by atoms with E-state index in [2.05, 4.69) is 20.4 Å². The van der Waals surface area contributed by atoms with E-state index in [1.165, 1.54) is 13.1 Å². The second-order valence-corrected chi connectivity index (χ2v) is 7.65. The first-order valence-corrected chi connectivity index (χ1v) is 9.88. The van der Waals surface area contributed by atoms with Crippen molar-refractivity contribution in [1.82, 2.24) is 25.1 Å². The lowest BCUT2D eigenvalue weighted by Crippen LogP contribution is -2.32. The van der Waals surface area contributed by atoms with Gasteiger partial charge in [-0.25, -0.2) is 0 Å². The van der Waals surface area contributed by atoms with Crippen LogP contribution in [0, 0.1) is 0 Å². The molecule has 1 aliphatic carbocycles. The Labute approximate surface area is 183 Å². The molecule has 174 valence electrons. The van der Waals surface area contributed by atoms with Gasteiger partial charge in [0.2, 0.25) is 0 Å². The van der Waals surface area contributed by atoms with E-state index in [0.717, 1.165) is 22.5 Å². The van der Waals surface area contributed by atoms with Gasteiger partial charge in [-0.05, 0) is 48.6 Å². The Kier molecular flexibility index (Phi) is 5.62. The molecule has 0 spiro atoms. The maximum Gasteiger partial charge on any atom is 0.435 e. The number of pyridine rings is 2. The molecule has 0 aromatic carbocycles. The third-order valence-electron chi connectivity index (χ3n) is 5.39. The van der Waals surface area contributed by atoms with Crippen molar-refractivity contribution in [2.45, 2.75) is 37.7 Å². The highest BCUT2D eigenvalue weighted by Crippen LogP contribution is 2.34. The summed E-state index contributed by atoms with van der Waals surface area (Å²) in [5.41, 5.74) is -0.554. The minimum absolute atomic E-state index is 0.206. The number of nitrogens with zero attached hydrogens (tertiary/aromatic N) is 4. The lowest BCUT2D eigenvalue weighted by Gasteiger charge is -2.26. The SMILES string of the molecule is Cn1nc(C(F)(F)F)cc1C(=O)NC1CCCc2cnc(-c3ccnc(C(F)(F)F)c3)cc21. The van der Waals surface area contributed by atoms with Crippen LogP contribution in [0.25, 0.3) is 11.3 Å². The van der Waals surface area contributed by atoms with Gasteiger partial charge in [0.05, 0.1) is 11.7 Å². The summed E-state index contributed by atoms with van der Waals surface area (Å²) >= 11 is 0. The van der Waals surface area contributed by atoms with Crippen molar-refractivity contribution in [3.8, 4) is 11.3 Å². The molecule has 0 saturated carbocycles. The molecule has 6 nitrogen and oxygen atoms in total. The summed E-state index contributed by atoms with van der Waals surface area (Å²) < 4.78 is 78.7. The monoisotopic (exact) mass is 469 g/mol. The van der Waals surface area contributed by atoms with Crippen LogP contribution in [0.5, 0.6) is 0 Å². The van der Waals surface area contributed by atoms with E-state index < -0.39 is 35.7 Å². The molecule has 1 atom stereocenters. The van der Waals surface area contributed by atoms with Gasteiger partial charge in [-0.15, -0.1) is 0 Å². The Bertz CT molecular complexity index is 1200. The maximum absolute atomic E-state index is 13.0. The van der Waals surface area contributed by atoms with Crippen LogP contribution in [-0.2, 0) is 25.8 Å². The average molecular weight is 469 g/mol. The Morgan fingerprint density at radius 3 is 2.45 bits per heavy atom. The molecule has 0 bridgehead atoms. The molecule has 0 aliphatic heterocycles. The summed E-state index contributed by atoms with van der Waals surface area (Å²) in [6.45, 7) is 0. The highest BCUT2D eigenvalue weighted by atomic mass is 19.4. The summed E-state index contributed by atoms with van der Waals surface area (Å²) in [5.74, 6) is -0.736. The van der Waals surface area contributed by atoms with Gasteiger partial charge in [-0.2, -0.15) is 31.4 Å². The van der Waals surface area contributed by atoms with Gasteiger partial charge in [0.25, 0.3) is 5.91 Å². The van der Waals surface area contributed by atoms with Crippen LogP contribution < -0.4 is 5.32 Å². The molecule has 33 heavy (non-hydrogen) atoms. The first-order valence-electron chi connectivity index (χ1n) is 9.88. The number of fused-ring (bicyclic) bond motifs is 1. The fourth-order valence-electron chi connectivity index (χ4n) is 3.79. The zero-order valence-electron chi connectivity index (χ0n) is 17.1. The maximum atomic E-state index is 13.0. The number of rotatable bonds is 3. The predicted octanol–water partition coefficient (Wildman–Crippen LogP) is 4.72. The molecular formula is C21H17F6N5O. The van der Waals surface area contributed by atoms with Crippen molar-refractivity contribution in [2.24, 2.45) is 7.05 Å². The van der Waals surface area contributed by atoms with Crippen LogP contribution in [0.4, 0.5) is 26.3 Å². The largest absolute Gasteiger partial charge is 0.435 e. The number of amides is 1. The quantitative estimate of drug-likeness (QED) is 0.564.